The van der Waals surface area contributed by atoms with E-state index in [4.69, 9.17) is 0 Å². The highest BCUT2D eigenvalue weighted by molar-refractivity contribution is 5.90. The lowest BCUT2D eigenvalue weighted by Gasteiger charge is -2.21. The van der Waals surface area contributed by atoms with E-state index in [0.29, 0.717) is 16.9 Å². The van der Waals surface area contributed by atoms with E-state index in [1.54, 1.807) is 12.1 Å². The van der Waals surface area contributed by atoms with Gasteiger partial charge in [-0.15, -0.1) is 15.3 Å². The minimum atomic E-state index is -0.394. The van der Waals surface area contributed by atoms with E-state index in [-0.39, 0.29) is 23.4 Å². The van der Waals surface area contributed by atoms with Crippen LogP contribution in [0.25, 0.3) is 16.4 Å². The quantitative estimate of drug-likeness (QED) is 0.545. The Labute approximate surface area is 179 Å². The molecule has 1 aromatic carbocycles. The number of anilines is 1. The second kappa shape index (κ2) is 7.57. The Bertz CT molecular complexity index is 1350. The van der Waals surface area contributed by atoms with Crippen LogP contribution in [0.3, 0.4) is 0 Å². The fourth-order valence-electron chi connectivity index (χ4n) is 3.42. The summed E-state index contributed by atoms with van der Waals surface area (Å²) in [7, 11) is 0. The fourth-order valence-corrected chi connectivity index (χ4v) is 3.42. The molecule has 4 rings (SSSR count). The molecule has 0 saturated heterocycles. The summed E-state index contributed by atoms with van der Waals surface area (Å²) in [5, 5.41) is 20.5. The number of hydrogen-bond donors (Lipinski definition) is 1. The van der Waals surface area contributed by atoms with Crippen molar-refractivity contribution >= 4 is 28.1 Å². The third kappa shape index (κ3) is 4.03. The molecule has 9 nitrogen and oxygen atoms in total. The molecular formula is C22H25N7O2. The van der Waals surface area contributed by atoms with Gasteiger partial charge in [0, 0.05) is 5.39 Å². The van der Waals surface area contributed by atoms with Gasteiger partial charge >= 0.3 is 0 Å². The standard InChI is InChI=1S/C22H25N7O2/c1-13(2)20-16-10-14(22(3,4)5)6-7-15(16)21(31)28(27-20)11-19(30)24-17-8-9-18-25-23-12-29(18)26-17/h6-10,12-13H,11H2,1-5H3,(H,24,26,30). The number of amides is 1. The zero-order valence-electron chi connectivity index (χ0n) is 18.2. The van der Waals surface area contributed by atoms with Crippen LogP contribution in [0.4, 0.5) is 5.82 Å². The number of carbonyl (C=O) groups is 1. The molecule has 0 fully saturated rings. The number of hydrogen-bond acceptors (Lipinski definition) is 6. The van der Waals surface area contributed by atoms with Crippen molar-refractivity contribution in [3.05, 3.63) is 58.3 Å². The number of rotatable bonds is 4. The van der Waals surface area contributed by atoms with Crippen LogP contribution in [0.1, 0.15) is 51.8 Å². The van der Waals surface area contributed by atoms with Gasteiger partial charge in [0.25, 0.3) is 5.56 Å². The summed E-state index contributed by atoms with van der Waals surface area (Å²) in [5.74, 6) is 0.0328. The zero-order chi connectivity index (χ0) is 22.3. The number of benzene rings is 1. The van der Waals surface area contributed by atoms with Gasteiger partial charge in [-0.25, -0.2) is 4.68 Å². The normalized spacial score (nSPS) is 12.1. The van der Waals surface area contributed by atoms with Gasteiger partial charge in [-0.3, -0.25) is 9.59 Å². The molecule has 31 heavy (non-hydrogen) atoms. The van der Waals surface area contributed by atoms with Gasteiger partial charge in [-0.05, 0) is 41.2 Å². The summed E-state index contributed by atoms with van der Waals surface area (Å²) < 4.78 is 2.68. The van der Waals surface area contributed by atoms with Gasteiger partial charge in [0.1, 0.15) is 12.9 Å². The van der Waals surface area contributed by atoms with Crippen molar-refractivity contribution in [1.29, 1.82) is 0 Å². The van der Waals surface area contributed by atoms with Gasteiger partial charge in [-0.1, -0.05) is 40.7 Å². The van der Waals surface area contributed by atoms with Crippen LogP contribution in [0.5, 0.6) is 0 Å². The molecule has 0 aliphatic heterocycles. The van der Waals surface area contributed by atoms with Crippen LogP contribution in [0, 0.1) is 0 Å². The van der Waals surface area contributed by atoms with Crippen molar-refractivity contribution in [3.63, 3.8) is 0 Å². The van der Waals surface area contributed by atoms with Crippen LogP contribution in [-0.2, 0) is 16.8 Å². The number of nitrogens with one attached hydrogen (secondary N) is 1. The topological polar surface area (TPSA) is 107 Å². The third-order valence-corrected chi connectivity index (χ3v) is 5.12. The van der Waals surface area contributed by atoms with Crippen LogP contribution in [0.15, 0.2) is 41.5 Å². The summed E-state index contributed by atoms with van der Waals surface area (Å²) in [5.41, 5.74) is 2.15. The average Bonchev–Trinajstić information content (AvgIpc) is 3.16. The summed E-state index contributed by atoms with van der Waals surface area (Å²) in [6.07, 6.45) is 1.45. The minimum absolute atomic E-state index is 0.0456. The molecule has 0 unspecified atom stereocenters. The third-order valence-electron chi connectivity index (χ3n) is 5.12. The number of fused-ring (bicyclic) bond motifs is 2. The summed E-state index contributed by atoms with van der Waals surface area (Å²) in [6, 6.07) is 9.17. The molecule has 1 amide bonds. The van der Waals surface area contributed by atoms with Crippen LogP contribution in [0.2, 0.25) is 0 Å². The highest BCUT2D eigenvalue weighted by Gasteiger charge is 2.19. The lowest BCUT2D eigenvalue weighted by Crippen LogP contribution is -2.31. The molecule has 0 aliphatic carbocycles. The molecule has 1 N–H and O–H groups in total. The van der Waals surface area contributed by atoms with Crippen molar-refractivity contribution in [1.82, 2.24) is 29.6 Å². The van der Waals surface area contributed by atoms with Crippen molar-refractivity contribution in [2.75, 3.05) is 5.32 Å². The first-order valence-electron chi connectivity index (χ1n) is 10.2. The van der Waals surface area contributed by atoms with E-state index >= 15 is 0 Å². The van der Waals surface area contributed by atoms with Gasteiger partial charge in [-0.2, -0.15) is 9.61 Å². The number of nitrogens with zero attached hydrogens (tertiary/aromatic N) is 6. The first-order valence-corrected chi connectivity index (χ1v) is 10.2. The van der Waals surface area contributed by atoms with E-state index in [0.717, 1.165) is 16.6 Å². The Hall–Kier alpha value is -3.62. The monoisotopic (exact) mass is 419 g/mol. The molecule has 9 heteroatoms. The highest BCUT2D eigenvalue weighted by Crippen LogP contribution is 2.28. The second-order valence-electron chi connectivity index (χ2n) is 8.91. The van der Waals surface area contributed by atoms with E-state index in [1.165, 1.54) is 15.5 Å². The number of aromatic nitrogens is 6. The molecule has 4 aromatic rings. The Morgan fingerprint density at radius 1 is 1.10 bits per heavy atom. The summed E-state index contributed by atoms with van der Waals surface area (Å²) in [4.78, 5) is 25.7. The second-order valence-corrected chi connectivity index (χ2v) is 8.91. The van der Waals surface area contributed by atoms with E-state index in [1.807, 2.05) is 32.0 Å². The fraction of sp³-hybridized carbons (Fsp3) is 0.364. The molecule has 0 atom stereocenters. The van der Waals surface area contributed by atoms with Gasteiger partial charge in [0.05, 0.1) is 11.1 Å². The summed E-state index contributed by atoms with van der Waals surface area (Å²) in [6.45, 7) is 10.2. The van der Waals surface area contributed by atoms with Crippen molar-refractivity contribution in [3.8, 4) is 0 Å². The molecule has 0 aliphatic rings. The smallest absolute Gasteiger partial charge is 0.275 e. The van der Waals surface area contributed by atoms with Crippen LogP contribution in [-0.4, -0.2) is 35.5 Å². The maximum Gasteiger partial charge on any atom is 0.275 e. The number of carbonyl (C=O) groups excluding carboxylic acids is 1. The van der Waals surface area contributed by atoms with Crippen molar-refractivity contribution in [2.24, 2.45) is 0 Å². The van der Waals surface area contributed by atoms with Gasteiger partial charge in [0.2, 0.25) is 5.91 Å². The molecule has 160 valence electrons. The van der Waals surface area contributed by atoms with Gasteiger partial charge < -0.3 is 5.32 Å². The molecule has 3 heterocycles. The van der Waals surface area contributed by atoms with Crippen LogP contribution >= 0.6 is 0 Å². The Kier molecular flexibility index (Phi) is 5.04. The van der Waals surface area contributed by atoms with Gasteiger partial charge in [0.15, 0.2) is 11.5 Å². The molecular weight excluding hydrogens is 394 g/mol. The average molecular weight is 419 g/mol. The minimum Gasteiger partial charge on any atom is -0.308 e. The molecule has 3 aromatic heterocycles. The first kappa shape index (κ1) is 20.6. The SMILES string of the molecule is CC(C)c1nn(CC(=O)Nc2ccc3nncn3n2)c(=O)c2ccc(C(C)(C)C)cc12. The lowest BCUT2D eigenvalue weighted by molar-refractivity contribution is -0.117. The van der Waals surface area contributed by atoms with Crippen LogP contribution < -0.4 is 10.9 Å². The predicted octanol–water partition coefficient (Wildman–Crippen LogP) is 2.89. The van der Waals surface area contributed by atoms with E-state index < -0.39 is 5.91 Å². The molecule has 0 radical (unpaired) electrons. The Morgan fingerprint density at radius 2 is 1.87 bits per heavy atom. The van der Waals surface area contributed by atoms with Crippen molar-refractivity contribution in [2.45, 2.75) is 52.5 Å². The molecule has 0 bridgehead atoms. The Morgan fingerprint density at radius 3 is 2.58 bits per heavy atom. The molecule has 0 spiro atoms. The first-order chi connectivity index (χ1) is 14.6. The lowest BCUT2D eigenvalue weighted by atomic mass is 9.85. The highest BCUT2D eigenvalue weighted by atomic mass is 16.2. The summed E-state index contributed by atoms with van der Waals surface area (Å²) >= 11 is 0. The maximum absolute atomic E-state index is 13.1. The maximum atomic E-state index is 13.1. The van der Waals surface area contributed by atoms with Crippen molar-refractivity contribution < 1.29 is 4.79 Å². The Balaban J connectivity index is 1.68. The largest absolute Gasteiger partial charge is 0.308 e. The van der Waals surface area contributed by atoms with E-state index in [9.17, 15) is 9.59 Å². The predicted molar refractivity (Wildman–Crippen MR) is 118 cm³/mol. The van der Waals surface area contributed by atoms with E-state index in [2.05, 4.69) is 46.5 Å². The zero-order valence-corrected chi connectivity index (χ0v) is 18.2. The molecule has 0 saturated carbocycles.